The van der Waals surface area contributed by atoms with Crippen molar-refractivity contribution in [2.24, 2.45) is 0 Å². The molecular formula is C24H25ClN6O3S. The summed E-state index contributed by atoms with van der Waals surface area (Å²) in [6, 6.07) is 7.22. The van der Waals surface area contributed by atoms with Crippen molar-refractivity contribution in [2.75, 3.05) is 6.61 Å². The van der Waals surface area contributed by atoms with Crippen molar-refractivity contribution in [3.63, 3.8) is 0 Å². The molecule has 35 heavy (non-hydrogen) atoms. The van der Waals surface area contributed by atoms with E-state index in [1.165, 1.54) is 6.20 Å². The Balaban J connectivity index is 1.38. The second-order valence-corrected chi connectivity index (χ2v) is 11.8. The van der Waals surface area contributed by atoms with E-state index >= 15 is 0 Å². The molecule has 11 heteroatoms. The van der Waals surface area contributed by atoms with Crippen LogP contribution in [0.2, 0.25) is 5.02 Å². The molecule has 1 saturated carbocycles. The molecule has 3 aromatic heterocycles. The molecule has 1 aliphatic carbocycles. The van der Waals surface area contributed by atoms with Crippen LogP contribution in [-0.2, 0) is 14.6 Å². The highest BCUT2D eigenvalue weighted by Gasteiger charge is 2.31. The van der Waals surface area contributed by atoms with Crippen LogP contribution in [0, 0.1) is 0 Å². The number of sulfone groups is 1. The van der Waals surface area contributed by atoms with Crippen molar-refractivity contribution in [1.82, 2.24) is 29.5 Å². The minimum Gasteiger partial charge on any atom is -0.358 e. The third kappa shape index (κ3) is 4.13. The van der Waals surface area contributed by atoms with Crippen molar-refractivity contribution in [1.29, 1.82) is 0 Å². The fourth-order valence-corrected chi connectivity index (χ4v) is 7.12. The predicted molar refractivity (Wildman–Crippen MR) is 131 cm³/mol. The zero-order chi connectivity index (χ0) is 24.0. The van der Waals surface area contributed by atoms with Gasteiger partial charge in [-0.1, -0.05) is 24.4 Å². The number of hydrogen-bond acceptors (Lipinski definition) is 7. The molecule has 0 spiro atoms. The first-order valence-corrected chi connectivity index (χ1v) is 13.8. The minimum atomic E-state index is -3.39. The molecule has 2 fully saturated rings. The smallest absolute Gasteiger partial charge is 0.182 e. The number of nitrogens with zero attached hydrogens (tertiary/aromatic N) is 6. The zero-order valence-electron chi connectivity index (χ0n) is 19.0. The second kappa shape index (κ2) is 9.00. The van der Waals surface area contributed by atoms with Gasteiger partial charge in [-0.05, 0) is 56.4 Å². The summed E-state index contributed by atoms with van der Waals surface area (Å²) in [5.41, 5.74) is 2.03. The topological polar surface area (TPSA) is 105 Å². The highest BCUT2D eigenvalue weighted by molar-refractivity contribution is 7.92. The van der Waals surface area contributed by atoms with Crippen LogP contribution in [0.1, 0.15) is 51.2 Å². The van der Waals surface area contributed by atoms with Crippen LogP contribution in [0.4, 0.5) is 0 Å². The summed E-state index contributed by atoms with van der Waals surface area (Å²) in [6.07, 6.45) is 11.0. The van der Waals surface area contributed by atoms with Crippen molar-refractivity contribution < 1.29 is 13.2 Å². The summed E-state index contributed by atoms with van der Waals surface area (Å²) >= 11 is 6.50. The lowest BCUT2D eigenvalue weighted by atomic mass is 10.1. The summed E-state index contributed by atoms with van der Waals surface area (Å²) in [7, 11) is -3.39. The van der Waals surface area contributed by atoms with E-state index in [0.717, 1.165) is 37.7 Å². The fraction of sp³-hybridized carbons (Fsp3) is 0.417. The number of fused-ring (bicyclic) bond motifs is 1. The quantitative estimate of drug-likeness (QED) is 0.380. The molecule has 1 saturated heterocycles. The maximum atomic E-state index is 13.0. The Morgan fingerprint density at radius 1 is 1.00 bits per heavy atom. The SMILES string of the molecule is O=S(=O)(c1cnc2c(cnn2-c2cc(Cl)cc(-c3nncn3C3CCCCO3)c2)c1)C1CCCC1. The minimum absolute atomic E-state index is 0.108. The molecule has 9 nitrogen and oxygen atoms in total. The lowest BCUT2D eigenvalue weighted by Crippen LogP contribution is -2.18. The van der Waals surface area contributed by atoms with Gasteiger partial charge in [-0.3, -0.25) is 4.57 Å². The Kier molecular flexibility index (Phi) is 5.82. The summed E-state index contributed by atoms with van der Waals surface area (Å²) in [5, 5.41) is 13.8. The van der Waals surface area contributed by atoms with E-state index in [2.05, 4.69) is 20.3 Å². The summed E-state index contributed by atoms with van der Waals surface area (Å²) in [6.45, 7) is 0.715. The number of rotatable bonds is 5. The lowest BCUT2D eigenvalue weighted by Gasteiger charge is -2.24. The number of ether oxygens (including phenoxy) is 1. The molecule has 6 rings (SSSR count). The largest absolute Gasteiger partial charge is 0.358 e. The van der Waals surface area contributed by atoms with Gasteiger partial charge in [-0.15, -0.1) is 10.2 Å². The maximum absolute atomic E-state index is 13.0. The molecule has 2 aliphatic rings. The first-order valence-electron chi connectivity index (χ1n) is 11.9. The zero-order valence-corrected chi connectivity index (χ0v) is 20.6. The maximum Gasteiger partial charge on any atom is 0.182 e. The number of halogens is 1. The van der Waals surface area contributed by atoms with Crippen LogP contribution in [0.25, 0.3) is 28.1 Å². The number of aromatic nitrogens is 6. The molecule has 182 valence electrons. The molecule has 0 amide bonds. The van der Waals surface area contributed by atoms with Gasteiger partial charge in [0.05, 0.1) is 22.0 Å². The predicted octanol–water partition coefficient (Wildman–Crippen LogP) is 4.75. The van der Waals surface area contributed by atoms with Gasteiger partial charge in [0.15, 0.2) is 21.3 Å². The van der Waals surface area contributed by atoms with Gasteiger partial charge in [-0.2, -0.15) is 5.10 Å². The van der Waals surface area contributed by atoms with Crippen molar-refractivity contribution >= 4 is 32.5 Å². The Morgan fingerprint density at radius 2 is 1.83 bits per heavy atom. The van der Waals surface area contributed by atoms with Crippen LogP contribution in [0.15, 0.2) is 47.9 Å². The average Bonchev–Trinajstić information content (AvgIpc) is 3.64. The molecule has 0 bridgehead atoms. The van der Waals surface area contributed by atoms with Crippen LogP contribution < -0.4 is 0 Å². The van der Waals surface area contributed by atoms with Crippen molar-refractivity contribution in [2.45, 2.75) is 61.3 Å². The molecule has 4 heterocycles. The molecule has 1 aliphatic heterocycles. The molecule has 1 unspecified atom stereocenters. The first-order chi connectivity index (χ1) is 17.0. The van der Waals surface area contributed by atoms with Gasteiger partial charge in [0.25, 0.3) is 0 Å². The Bertz CT molecular complexity index is 1490. The van der Waals surface area contributed by atoms with Gasteiger partial charge >= 0.3 is 0 Å². The summed E-state index contributed by atoms with van der Waals surface area (Å²) < 4.78 is 35.6. The van der Waals surface area contributed by atoms with Gasteiger partial charge in [0, 0.05) is 28.8 Å². The second-order valence-electron chi connectivity index (χ2n) is 9.17. The Hall–Kier alpha value is -2.82. The first kappa shape index (κ1) is 22.6. The van der Waals surface area contributed by atoms with E-state index in [9.17, 15) is 8.42 Å². The van der Waals surface area contributed by atoms with E-state index in [4.69, 9.17) is 16.3 Å². The number of benzene rings is 1. The average molecular weight is 513 g/mol. The van der Waals surface area contributed by atoms with Gasteiger partial charge in [0.1, 0.15) is 12.6 Å². The molecule has 1 atom stereocenters. The van der Waals surface area contributed by atoms with E-state index in [1.807, 2.05) is 16.7 Å². The number of hydrogen-bond donors (Lipinski definition) is 0. The highest BCUT2D eigenvalue weighted by atomic mass is 35.5. The normalized spacial score (nSPS) is 19.5. The van der Waals surface area contributed by atoms with Crippen LogP contribution in [-0.4, -0.2) is 49.8 Å². The standard InChI is InChI=1S/C24H25ClN6O3S/c25-18-9-16(24-29-27-15-30(24)22-7-3-4-8-34-22)10-19(12-18)31-23-17(13-28-31)11-21(14-26-23)35(32,33)20-5-1-2-6-20/h9-15,20,22H,1-8H2. The summed E-state index contributed by atoms with van der Waals surface area (Å²) in [5.74, 6) is 0.662. The third-order valence-corrected chi connectivity index (χ3v) is 9.32. The van der Waals surface area contributed by atoms with Crippen molar-refractivity contribution in [3.8, 4) is 17.1 Å². The van der Waals surface area contributed by atoms with E-state index < -0.39 is 9.84 Å². The molecular weight excluding hydrogens is 488 g/mol. The Labute approximate surface area is 208 Å². The van der Waals surface area contributed by atoms with Crippen LogP contribution in [0.3, 0.4) is 0 Å². The molecule has 0 radical (unpaired) electrons. The fourth-order valence-electron chi connectivity index (χ4n) is 5.07. The highest BCUT2D eigenvalue weighted by Crippen LogP contribution is 2.33. The molecule has 4 aromatic rings. The van der Waals surface area contributed by atoms with Crippen molar-refractivity contribution in [3.05, 3.63) is 48.0 Å². The van der Waals surface area contributed by atoms with E-state index in [-0.39, 0.29) is 16.4 Å². The number of pyridine rings is 1. The molecule has 1 aromatic carbocycles. The van der Waals surface area contributed by atoms with E-state index in [0.29, 0.717) is 47.0 Å². The lowest BCUT2D eigenvalue weighted by molar-refractivity contribution is -0.0311. The van der Waals surface area contributed by atoms with Crippen LogP contribution >= 0.6 is 11.6 Å². The van der Waals surface area contributed by atoms with Crippen LogP contribution in [0.5, 0.6) is 0 Å². The summed E-state index contributed by atoms with van der Waals surface area (Å²) in [4.78, 5) is 4.75. The third-order valence-electron chi connectivity index (χ3n) is 6.88. The van der Waals surface area contributed by atoms with Gasteiger partial charge < -0.3 is 4.74 Å². The van der Waals surface area contributed by atoms with E-state index in [1.54, 1.807) is 29.3 Å². The van der Waals surface area contributed by atoms with Gasteiger partial charge in [0.2, 0.25) is 0 Å². The molecule has 0 N–H and O–H groups in total. The van der Waals surface area contributed by atoms with Gasteiger partial charge in [-0.25, -0.2) is 18.1 Å². The monoisotopic (exact) mass is 512 g/mol. The Morgan fingerprint density at radius 3 is 2.63 bits per heavy atom.